The van der Waals surface area contributed by atoms with E-state index >= 15 is 0 Å². The summed E-state index contributed by atoms with van der Waals surface area (Å²) in [4.78, 5) is 13.0. The highest BCUT2D eigenvalue weighted by atomic mass is 16.5. The number of hydrogen-bond donors (Lipinski definition) is 2. The van der Waals surface area contributed by atoms with E-state index in [4.69, 9.17) is 0 Å². The number of rotatable bonds is 1. The van der Waals surface area contributed by atoms with Crippen molar-refractivity contribution in [3.05, 3.63) is 11.6 Å². The molecule has 122 valence electrons. The van der Waals surface area contributed by atoms with Gasteiger partial charge in [0.15, 0.2) is 5.79 Å². The monoisotopic (exact) mass is 304 g/mol. The van der Waals surface area contributed by atoms with Gasteiger partial charge in [0, 0.05) is 24.2 Å². The average Bonchev–Trinajstić information content (AvgIpc) is 2.78. The van der Waals surface area contributed by atoms with Crippen LogP contribution in [0.2, 0.25) is 0 Å². The molecule has 4 aliphatic rings. The van der Waals surface area contributed by atoms with Crippen molar-refractivity contribution >= 4 is 5.78 Å². The van der Waals surface area contributed by atoms with Gasteiger partial charge in [-0.15, -0.1) is 0 Å². The molecule has 3 fully saturated rings. The maximum atomic E-state index is 13.0. The second kappa shape index (κ2) is 4.91. The molecule has 4 aliphatic carbocycles. The second-order valence-corrected chi connectivity index (χ2v) is 8.16. The summed E-state index contributed by atoms with van der Waals surface area (Å²) in [5.74, 6) is -0.00665. The summed E-state index contributed by atoms with van der Waals surface area (Å²) in [5.41, 5.74) is 0.948. The van der Waals surface area contributed by atoms with Crippen LogP contribution in [0, 0.1) is 29.1 Å². The van der Waals surface area contributed by atoms with E-state index in [2.05, 4.69) is 6.08 Å². The first-order valence-corrected chi connectivity index (χ1v) is 9.16. The Bertz CT molecular complexity index is 521. The molecule has 0 aliphatic heterocycles. The fourth-order valence-electron chi connectivity index (χ4n) is 6.56. The molecule has 0 heterocycles. The minimum Gasteiger partial charge on any atom is -0.365 e. The summed E-state index contributed by atoms with van der Waals surface area (Å²) in [6, 6.07) is 0. The molecule has 0 spiro atoms. The van der Waals surface area contributed by atoms with E-state index in [9.17, 15) is 15.0 Å². The number of fused-ring (bicyclic) bond motifs is 5. The Labute approximate surface area is 132 Å². The Hall–Kier alpha value is -0.670. The minimum atomic E-state index is -1.64. The third-order valence-corrected chi connectivity index (χ3v) is 7.58. The highest BCUT2D eigenvalue weighted by Gasteiger charge is 2.65. The van der Waals surface area contributed by atoms with Gasteiger partial charge in [-0.1, -0.05) is 18.6 Å². The van der Waals surface area contributed by atoms with E-state index in [0.717, 1.165) is 25.7 Å². The van der Waals surface area contributed by atoms with Gasteiger partial charge in [0.05, 0.1) is 0 Å². The molecule has 3 nitrogen and oxygen atoms in total. The molecule has 3 saturated carbocycles. The lowest BCUT2D eigenvalue weighted by Gasteiger charge is -2.54. The zero-order valence-electron chi connectivity index (χ0n) is 13.6. The number of ketones is 1. The quantitative estimate of drug-likeness (QED) is 0.578. The molecule has 4 unspecified atom stereocenters. The molecular formula is C19H28O3. The predicted molar refractivity (Wildman–Crippen MR) is 83.9 cm³/mol. The lowest BCUT2D eigenvalue weighted by Crippen LogP contribution is -2.57. The third-order valence-electron chi connectivity index (χ3n) is 7.58. The van der Waals surface area contributed by atoms with E-state index in [1.54, 1.807) is 0 Å². The molecule has 0 bridgehead atoms. The molecule has 5 atom stereocenters. The van der Waals surface area contributed by atoms with Crippen molar-refractivity contribution in [2.24, 2.45) is 29.1 Å². The van der Waals surface area contributed by atoms with Crippen LogP contribution in [0.15, 0.2) is 11.6 Å². The molecule has 22 heavy (non-hydrogen) atoms. The van der Waals surface area contributed by atoms with E-state index in [1.807, 2.05) is 6.92 Å². The highest BCUT2D eigenvalue weighted by Crippen LogP contribution is 2.64. The molecule has 0 aromatic heterocycles. The molecule has 0 aromatic rings. The van der Waals surface area contributed by atoms with Gasteiger partial charge in [0.2, 0.25) is 0 Å². The Morgan fingerprint density at radius 1 is 1.27 bits per heavy atom. The van der Waals surface area contributed by atoms with Gasteiger partial charge in [0.1, 0.15) is 5.78 Å². The Morgan fingerprint density at radius 3 is 2.86 bits per heavy atom. The molecule has 2 N–H and O–H groups in total. The Kier molecular flexibility index (Phi) is 3.32. The Morgan fingerprint density at radius 2 is 2.09 bits per heavy atom. The summed E-state index contributed by atoms with van der Waals surface area (Å²) in [5, 5.41) is 21.1. The smallest absolute Gasteiger partial charge is 0.168 e. The molecular weight excluding hydrogens is 276 g/mol. The van der Waals surface area contributed by atoms with Crippen molar-refractivity contribution in [1.82, 2.24) is 0 Å². The second-order valence-electron chi connectivity index (χ2n) is 8.16. The zero-order valence-corrected chi connectivity index (χ0v) is 13.6. The number of Topliss-reactive ketones (excluding diaryl/α,β-unsaturated/α-hetero) is 1. The van der Waals surface area contributed by atoms with Crippen molar-refractivity contribution < 1.29 is 15.0 Å². The van der Waals surface area contributed by atoms with Gasteiger partial charge in [0.25, 0.3) is 0 Å². The first kappa shape index (κ1) is 14.9. The summed E-state index contributed by atoms with van der Waals surface area (Å²) in [6.07, 6.45) is 10.5. The number of hydrogen-bond acceptors (Lipinski definition) is 3. The average molecular weight is 304 g/mol. The van der Waals surface area contributed by atoms with Crippen LogP contribution in [-0.4, -0.2) is 21.8 Å². The molecule has 0 amide bonds. The summed E-state index contributed by atoms with van der Waals surface area (Å²) in [6.45, 7) is 2.03. The first-order chi connectivity index (χ1) is 10.5. The van der Waals surface area contributed by atoms with Gasteiger partial charge in [-0.3, -0.25) is 4.79 Å². The van der Waals surface area contributed by atoms with Crippen LogP contribution in [0.4, 0.5) is 0 Å². The standard InChI is InChI=1S/C19H28O3/c1-2-18-11-16(20)17-13-6-4-3-5-12(13)7-8-14(17)15(18)9-10-19(18,21)22/h5,13-15,17,21-22H,2-4,6-11H2,1H3/t13?,14?,15?,17?,18-/m0/s1. The Balaban J connectivity index is 1.73. The van der Waals surface area contributed by atoms with Crippen molar-refractivity contribution in [3.8, 4) is 0 Å². The van der Waals surface area contributed by atoms with Crippen LogP contribution >= 0.6 is 0 Å². The largest absolute Gasteiger partial charge is 0.365 e. The predicted octanol–water partition coefficient (Wildman–Crippen LogP) is 3.20. The molecule has 4 rings (SSSR count). The van der Waals surface area contributed by atoms with Gasteiger partial charge in [-0.05, 0) is 62.7 Å². The molecule has 0 radical (unpaired) electrons. The normalized spacial score (nSPS) is 46.5. The van der Waals surface area contributed by atoms with Crippen LogP contribution in [0.3, 0.4) is 0 Å². The van der Waals surface area contributed by atoms with Crippen LogP contribution in [-0.2, 0) is 4.79 Å². The van der Waals surface area contributed by atoms with Crippen LogP contribution in [0.5, 0.6) is 0 Å². The first-order valence-electron chi connectivity index (χ1n) is 9.16. The van der Waals surface area contributed by atoms with Crippen molar-refractivity contribution in [2.45, 2.75) is 70.5 Å². The van der Waals surface area contributed by atoms with Crippen LogP contribution in [0.25, 0.3) is 0 Å². The number of carbonyl (C=O) groups excluding carboxylic acids is 1. The number of carbonyl (C=O) groups is 1. The lowest BCUT2D eigenvalue weighted by molar-refractivity contribution is -0.249. The maximum absolute atomic E-state index is 13.0. The minimum absolute atomic E-state index is 0.166. The van der Waals surface area contributed by atoms with Crippen molar-refractivity contribution in [1.29, 1.82) is 0 Å². The van der Waals surface area contributed by atoms with E-state index in [-0.39, 0.29) is 5.92 Å². The van der Waals surface area contributed by atoms with E-state index in [1.165, 1.54) is 18.4 Å². The zero-order chi connectivity index (χ0) is 15.5. The highest BCUT2D eigenvalue weighted by molar-refractivity contribution is 5.84. The van der Waals surface area contributed by atoms with Crippen LogP contribution < -0.4 is 0 Å². The fraction of sp³-hybridized carbons (Fsp3) is 0.842. The number of allylic oxidation sites excluding steroid dienone is 2. The number of aliphatic hydroxyl groups is 2. The van der Waals surface area contributed by atoms with Crippen molar-refractivity contribution in [3.63, 3.8) is 0 Å². The molecule has 0 saturated heterocycles. The summed E-state index contributed by atoms with van der Waals surface area (Å²) >= 11 is 0. The van der Waals surface area contributed by atoms with Crippen molar-refractivity contribution in [2.75, 3.05) is 0 Å². The molecule has 3 heteroatoms. The van der Waals surface area contributed by atoms with Gasteiger partial charge >= 0.3 is 0 Å². The summed E-state index contributed by atoms with van der Waals surface area (Å²) in [7, 11) is 0. The SMILES string of the molecule is CC[C@]12CC(=O)C3C4CCCC=C4CCC3C1CCC2(O)O. The topological polar surface area (TPSA) is 57.5 Å². The maximum Gasteiger partial charge on any atom is 0.168 e. The van der Waals surface area contributed by atoms with Crippen LogP contribution in [0.1, 0.15) is 64.7 Å². The summed E-state index contributed by atoms with van der Waals surface area (Å²) < 4.78 is 0. The lowest BCUT2D eigenvalue weighted by atomic mass is 9.50. The van der Waals surface area contributed by atoms with E-state index in [0.29, 0.717) is 42.8 Å². The third kappa shape index (κ3) is 1.78. The molecule has 0 aromatic carbocycles. The fourth-order valence-corrected chi connectivity index (χ4v) is 6.56. The van der Waals surface area contributed by atoms with Gasteiger partial charge in [-0.25, -0.2) is 0 Å². The van der Waals surface area contributed by atoms with Gasteiger partial charge in [-0.2, -0.15) is 0 Å². The van der Waals surface area contributed by atoms with Gasteiger partial charge < -0.3 is 10.2 Å². The van der Waals surface area contributed by atoms with E-state index < -0.39 is 11.2 Å².